The van der Waals surface area contributed by atoms with Crippen molar-refractivity contribution in [1.29, 1.82) is 0 Å². The zero-order valence-corrected chi connectivity index (χ0v) is 15.4. The maximum absolute atomic E-state index is 6.04. The first-order valence-electron chi connectivity index (χ1n) is 8.62. The Hall–Kier alpha value is -3.08. The number of ether oxygens (including phenoxy) is 2. The van der Waals surface area contributed by atoms with Gasteiger partial charge in [-0.05, 0) is 43.2 Å². The van der Waals surface area contributed by atoms with Crippen LogP contribution in [-0.2, 0) is 6.42 Å². The van der Waals surface area contributed by atoms with E-state index in [0.717, 1.165) is 46.4 Å². The number of benzene rings is 2. The third-order valence-electron chi connectivity index (χ3n) is 3.93. The van der Waals surface area contributed by atoms with Crippen LogP contribution in [0.15, 0.2) is 55.0 Å². The van der Waals surface area contributed by atoms with Crippen LogP contribution in [0.1, 0.15) is 25.8 Å². The Balaban J connectivity index is 1.99. The van der Waals surface area contributed by atoms with E-state index in [2.05, 4.69) is 28.8 Å². The number of allylic oxidation sites excluding steroid dienone is 1. The summed E-state index contributed by atoms with van der Waals surface area (Å²) < 4.78 is 11.6. The van der Waals surface area contributed by atoms with E-state index in [1.54, 1.807) is 7.11 Å². The minimum Gasteiger partial charge on any atom is -0.496 e. The molecule has 5 heteroatoms. The van der Waals surface area contributed by atoms with Crippen LogP contribution < -0.4 is 14.8 Å². The van der Waals surface area contributed by atoms with Gasteiger partial charge < -0.3 is 14.8 Å². The highest BCUT2D eigenvalue weighted by molar-refractivity contribution is 5.86. The van der Waals surface area contributed by atoms with Crippen LogP contribution in [0.3, 0.4) is 0 Å². The summed E-state index contributed by atoms with van der Waals surface area (Å²) in [5.74, 6) is 2.02. The number of fused-ring (bicyclic) bond motifs is 1. The average molecular weight is 349 g/mol. The molecule has 0 fully saturated rings. The van der Waals surface area contributed by atoms with Crippen LogP contribution in [-0.4, -0.2) is 17.1 Å². The second kappa shape index (κ2) is 7.87. The van der Waals surface area contributed by atoms with Gasteiger partial charge in [-0.15, -0.1) is 0 Å². The van der Waals surface area contributed by atoms with E-state index in [4.69, 9.17) is 9.47 Å². The van der Waals surface area contributed by atoms with E-state index in [-0.39, 0.29) is 0 Å². The Kier molecular flexibility index (Phi) is 5.37. The fourth-order valence-electron chi connectivity index (χ4n) is 2.83. The molecule has 26 heavy (non-hydrogen) atoms. The smallest absolute Gasteiger partial charge is 0.230 e. The number of methoxy groups -OCH3 is 1. The predicted octanol–water partition coefficient (Wildman–Crippen LogP) is 5.33. The lowest BCUT2D eigenvalue weighted by atomic mass is 10.1. The molecule has 3 rings (SSSR count). The quantitative estimate of drug-likeness (QED) is 0.625. The number of hydrogen-bond donors (Lipinski definition) is 1. The molecule has 0 aliphatic rings. The molecule has 0 saturated heterocycles. The minimum absolute atomic E-state index is 0.504. The van der Waals surface area contributed by atoms with E-state index >= 15 is 0 Å². The first-order valence-corrected chi connectivity index (χ1v) is 8.62. The monoisotopic (exact) mass is 349 g/mol. The van der Waals surface area contributed by atoms with Crippen LogP contribution in [0.4, 0.5) is 5.69 Å². The standard InChI is InChI=1S/C21H23N3O2/c1-5-7-15-10-19-18(12-20(15)25-4)21(23-13-22-19)26-17-9-6-8-16(11-17)24-14(2)3/h6,8-13,24H,2,5,7H2,1,3-4H3. The number of nitrogens with zero attached hydrogens (tertiary/aromatic N) is 2. The summed E-state index contributed by atoms with van der Waals surface area (Å²) in [6.07, 6.45) is 3.50. The third kappa shape index (κ3) is 3.94. The minimum atomic E-state index is 0.504. The summed E-state index contributed by atoms with van der Waals surface area (Å²) in [4.78, 5) is 8.71. The Morgan fingerprint density at radius 1 is 1.19 bits per heavy atom. The lowest BCUT2D eigenvalue weighted by molar-refractivity contribution is 0.409. The highest BCUT2D eigenvalue weighted by Crippen LogP contribution is 2.33. The van der Waals surface area contributed by atoms with Gasteiger partial charge in [-0.2, -0.15) is 0 Å². The second-order valence-electron chi connectivity index (χ2n) is 6.15. The van der Waals surface area contributed by atoms with E-state index < -0.39 is 0 Å². The summed E-state index contributed by atoms with van der Waals surface area (Å²) in [6, 6.07) is 11.7. The molecular weight excluding hydrogens is 326 g/mol. The lowest BCUT2D eigenvalue weighted by Crippen LogP contribution is -1.97. The van der Waals surface area contributed by atoms with Gasteiger partial charge in [0.15, 0.2) is 0 Å². The maximum atomic E-state index is 6.04. The molecule has 0 saturated carbocycles. The molecule has 1 aromatic heterocycles. The molecule has 134 valence electrons. The summed E-state index contributed by atoms with van der Waals surface area (Å²) in [5.41, 5.74) is 3.76. The van der Waals surface area contributed by atoms with Gasteiger partial charge in [-0.3, -0.25) is 0 Å². The van der Waals surface area contributed by atoms with Crippen molar-refractivity contribution in [3.8, 4) is 17.4 Å². The van der Waals surface area contributed by atoms with Crippen LogP contribution >= 0.6 is 0 Å². The van der Waals surface area contributed by atoms with Crippen LogP contribution in [0, 0.1) is 0 Å². The zero-order chi connectivity index (χ0) is 18.5. The predicted molar refractivity (Wildman–Crippen MR) is 105 cm³/mol. The molecule has 0 aliphatic heterocycles. The third-order valence-corrected chi connectivity index (χ3v) is 3.93. The highest BCUT2D eigenvalue weighted by atomic mass is 16.5. The van der Waals surface area contributed by atoms with Gasteiger partial charge in [-0.1, -0.05) is 26.0 Å². The van der Waals surface area contributed by atoms with E-state index in [0.29, 0.717) is 11.6 Å². The van der Waals surface area contributed by atoms with Gasteiger partial charge in [0, 0.05) is 17.5 Å². The molecular formula is C21H23N3O2. The van der Waals surface area contributed by atoms with Crippen molar-refractivity contribution >= 4 is 16.6 Å². The van der Waals surface area contributed by atoms with E-state index in [1.807, 2.05) is 43.3 Å². The normalized spacial score (nSPS) is 10.6. The summed E-state index contributed by atoms with van der Waals surface area (Å²) in [5, 5.41) is 4.00. The number of anilines is 1. The summed E-state index contributed by atoms with van der Waals surface area (Å²) in [6.45, 7) is 7.91. The van der Waals surface area contributed by atoms with Crippen molar-refractivity contribution in [2.45, 2.75) is 26.7 Å². The molecule has 0 unspecified atom stereocenters. The molecule has 0 atom stereocenters. The van der Waals surface area contributed by atoms with Gasteiger partial charge in [0.1, 0.15) is 17.8 Å². The van der Waals surface area contributed by atoms with Crippen molar-refractivity contribution in [2.24, 2.45) is 0 Å². The van der Waals surface area contributed by atoms with Crippen molar-refractivity contribution in [1.82, 2.24) is 9.97 Å². The van der Waals surface area contributed by atoms with Crippen LogP contribution in [0.5, 0.6) is 17.4 Å². The Morgan fingerprint density at radius 2 is 2.04 bits per heavy atom. The first kappa shape index (κ1) is 17.7. The number of aryl methyl sites for hydroxylation is 1. The molecule has 1 heterocycles. The topological polar surface area (TPSA) is 56.3 Å². The lowest BCUT2D eigenvalue weighted by Gasteiger charge is -2.12. The zero-order valence-electron chi connectivity index (χ0n) is 15.4. The fraction of sp³-hybridized carbons (Fsp3) is 0.238. The Bertz CT molecular complexity index is 938. The molecule has 3 aromatic rings. The first-order chi connectivity index (χ1) is 12.6. The van der Waals surface area contributed by atoms with Crippen molar-refractivity contribution in [2.75, 3.05) is 12.4 Å². The largest absolute Gasteiger partial charge is 0.496 e. The van der Waals surface area contributed by atoms with Crippen LogP contribution in [0.25, 0.3) is 10.9 Å². The molecule has 1 N–H and O–H groups in total. The number of aromatic nitrogens is 2. The molecule has 5 nitrogen and oxygen atoms in total. The van der Waals surface area contributed by atoms with E-state index in [9.17, 15) is 0 Å². The SMILES string of the molecule is C=C(C)Nc1cccc(Oc2ncnc3cc(CCC)c(OC)cc23)c1. The Labute approximate surface area is 153 Å². The van der Waals surface area contributed by atoms with Crippen molar-refractivity contribution < 1.29 is 9.47 Å². The van der Waals surface area contributed by atoms with Gasteiger partial charge in [0.25, 0.3) is 0 Å². The molecule has 0 bridgehead atoms. The maximum Gasteiger partial charge on any atom is 0.230 e. The highest BCUT2D eigenvalue weighted by Gasteiger charge is 2.12. The van der Waals surface area contributed by atoms with Gasteiger partial charge in [0.2, 0.25) is 5.88 Å². The Morgan fingerprint density at radius 3 is 2.77 bits per heavy atom. The number of nitrogens with one attached hydrogen (secondary N) is 1. The fourth-order valence-corrected chi connectivity index (χ4v) is 2.83. The van der Waals surface area contributed by atoms with E-state index in [1.165, 1.54) is 6.33 Å². The van der Waals surface area contributed by atoms with Crippen molar-refractivity contribution in [3.05, 3.63) is 60.6 Å². The van der Waals surface area contributed by atoms with Crippen molar-refractivity contribution in [3.63, 3.8) is 0 Å². The van der Waals surface area contributed by atoms with Crippen LogP contribution in [0.2, 0.25) is 0 Å². The van der Waals surface area contributed by atoms with Gasteiger partial charge >= 0.3 is 0 Å². The second-order valence-corrected chi connectivity index (χ2v) is 6.15. The summed E-state index contributed by atoms with van der Waals surface area (Å²) >= 11 is 0. The number of hydrogen-bond acceptors (Lipinski definition) is 5. The van der Waals surface area contributed by atoms with Gasteiger partial charge in [-0.25, -0.2) is 9.97 Å². The molecule has 0 spiro atoms. The molecule has 0 amide bonds. The summed E-state index contributed by atoms with van der Waals surface area (Å²) in [7, 11) is 1.68. The van der Waals surface area contributed by atoms with Gasteiger partial charge in [0.05, 0.1) is 18.0 Å². The molecule has 0 aliphatic carbocycles. The molecule has 0 radical (unpaired) electrons. The average Bonchev–Trinajstić information content (AvgIpc) is 2.61. The number of rotatable bonds is 7. The molecule has 2 aromatic carbocycles.